The normalized spacial score (nSPS) is 52.9. The molecule has 57 atom stereocenters. The third-order valence-corrected chi connectivity index (χ3v) is 25.9. The van der Waals surface area contributed by atoms with E-state index in [2.05, 4.69) is 16.0 Å². The Morgan fingerprint density at radius 1 is 0.215 bits per heavy atom. The highest BCUT2D eigenvalue weighted by Gasteiger charge is 2.61. The molecule has 55 heteroatoms. The maximum absolute atomic E-state index is 11.7. The molecule has 38 N–H and O–H groups in total. The molecule has 3 aliphatic carbocycles. The molecule has 130 heavy (non-hydrogen) atoms. The Bertz CT molecular complexity index is 3610. The first-order valence-corrected chi connectivity index (χ1v) is 42.3. The number of aliphatic hydroxyl groups is 35. The molecule has 752 valence electrons. The molecule has 12 rings (SSSR count). The second-order valence-electron chi connectivity index (χ2n) is 34.3. The molecule has 12 aliphatic rings. The molecule has 0 amide bonds. The van der Waals surface area contributed by atoms with Crippen molar-refractivity contribution in [1.82, 2.24) is 16.0 Å². The van der Waals surface area contributed by atoms with Crippen molar-refractivity contribution in [3.8, 4) is 0 Å². The quantitative estimate of drug-likeness (QED) is 0.0287. The van der Waals surface area contributed by atoms with E-state index in [1.165, 1.54) is 26.8 Å². The second kappa shape index (κ2) is 45.1. The number of hydrogen-bond acceptors (Lipinski definition) is 55. The van der Waals surface area contributed by atoms with Gasteiger partial charge < -0.3 is 275 Å². The Hall–Kier alpha value is -2.98. The third kappa shape index (κ3) is 21.5. The van der Waals surface area contributed by atoms with Crippen LogP contribution in [-0.4, -0.2) is 587 Å². The number of rotatable bonds is 31. The number of aliphatic hydroxyl groups excluding tert-OH is 35. The number of hydrogen-bond donors (Lipinski definition) is 38. The molecule has 0 aromatic heterocycles. The summed E-state index contributed by atoms with van der Waals surface area (Å²) in [6.45, 7) is -4.55. The average Bonchev–Trinajstić information content (AvgIpc) is 0.772. The monoisotopic (exact) mass is 1900 g/mol. The molecule has 0 spiro atoms. The first-order chi connectivity index (χ1) is 61.6. The smallest absolute Gasteiger partial charge is 0.189 e. The molecular formula is C75H125N3O52. The highest BCUT2D eigenvalue weighted by Crippen LogP contribution is 2.41. The Kier molecular flexibility index (Phi) is 36.7. The lowest BCUT2D eigenvalue weighted by atomic mass is 9.86. The molecule has 0 bridgehead atoms. The van der Waals surface area contributed by atoms with Crippen LogP contribution in [0.2, 0.25) is 0 Å². The molecule has 0 radical (unpaired) electrons. The number of ether oxygens (including phenoxy) is 17. The van der Waals surface area contributed by atoms with Gasteiger partial charge in [-0.25, -0.2) is 0 Å². The van der Waals surface area contributed by atoms with Crippen molar-refractivity contribution in [2.45, 2.75) is 370 Å². The van der Waals surface area contributed by atoms with Crippen molar-refractivity contribution in [3.05, 3.63) is 34.9 Å². The second-order valence-corrected chi connectivity index (χ2v) is 34.3. The van der Waals surface area contributed by atoms with E-state index in [0.717, 1.165) is 12.2 Å². The van der Waals surface area contributed by atoms with Gasteiger partial charge in [0.05, 0.1) is 114 Å². The van der Waals surface area contributed by atoms with Crippen LogP contribution < -0.4 is 16.0 Å². The molecule has 0 aromatic carbocycles. The zero-order chi connectivity index (χ0) is 95.3. The van der Waals surface area contributed by atoms with E-state index < -0.39 is 409 Å². The first kappa shape index (κ1) is 106. The topological polar surface area (TPSA) is 901 Å². The van der Waals surface area contributed by atoms with Crippen molar-refractivity contribution < 1.29 is 259 Å². The minimum Gasteiger partial charge on any atom is -0.394 e. The molecule has 55 nitrogen and oxygen atoms in total. The van der Waals surface area contributed by atoms with Crippen molar-refractivity contribution in [1.29, 1.82) is 0 Å². The molecule has 0 aromatic rings. The van der Waals surface area contributed by atoms with Gasteiger partial charge >= 0.3 is 0 Å². The van der Waals surface area contributed by atoms with Crippen LogP contribution in [0.1, 0.15) is 20.8 Å². The van der Waals surface area contributed by atoms with Crippen LogP contribution in [0.4, 0.5) is 0 Å². The maximum atomic E-state index is 11.7. The first-order valence-electron chi connectivity index (χ1n) is 42.3. The molecule has 9 aliphatic heterocycles. The molecule has 0 saturated carbocycles. The van der Waals surface area contributed by atoms with E-state index in [-0.39, 0.29) is 16.7 Å². The zero-order valence-electron chi connectivity index (χ0n) is 69.6. The highest BCUT2D eigenvalue weighted by atomic mass is 16.8. The van der Waals surface area contributed by atoms with Gasteiger partial charge in [-0.05, 0) is 37.5 Å². The molecule has 9 saturated heterocycles. The fraction of sp³-hybridized carbons (Fsp3) is 0.920. The van der Waals surface area contributed by atoms with Gasteiger partial charge in [0, 0.05) is 0 Å². The molecule has 9 fully saturated rings. The van der Waals surface area contributed by atoms with Crippen LogP contribution in [0.5, 0.6) is 0 Å². The van der Waals surface area contributed by atoms with E-state index in [9.17, 15) is 179 Å². The summed E-state index contributed by atoms with van der Waals surface area (Å²) in [6, 6.07) is -8.16. The van der Waals surface area contributed by atoms with E-state index in [0.29, 0.717) is 0 Å². The van der Waals surface area contributed by atoms with Crippen molar-refractivity contribution in [2.75, 3.05) is 59.5 Å². The SMILES string of the molecule is C[C@H]1O[C@H](O[C@H]2[C@H](O)[C@@H](O)[C@@H](O[C@H]3[C@H](O)[C@@H](O)[C@@H](O[C@H]4[C@H](O)[C@@H](O)[C@@H](O[C@H]5O[C@H](CO)[C@@H](O)[C@H](O)[C@H]5O)O[C@@H]4CO)O[C@@H]3CO)O[C@@H]2CO)[C@H](O)[C@@H](O)[C@@H]1N[C@H]1C=C(CO)[C@@H](O[C@H]2O[C@H](CO)[C@@H](O[C@H]3O[C@H](C)[C@@H](N[C@@H]4C=C(CO)[C@@H](O[C@H]5O[C@H](CO)[C@@H](O[C@H]6O[C@H](C)[C@@H](N[C@H]7C=C(CO)[C@@H](O)[C@H](O)[C@H]7O)[C@H](O)[C@H]6O)[C@H](O)[C@H]5O)[C@H](O)[C@H]4O)[C@H](O)[C@H]3O)[C@H](O)[C@H]2O)[C@H](O)[C@H]1O. The van der Waals surface area contributed by atoms with Crippen LogP contribution in [0, 0.1) is 0 Å². The predicted molar refractivity (Wildman–Crippen MR) is 407 cm³/mol. The van der Waals surface area contributed by atoms with E-state index in [1.54, 1.807) is 0 Å². The maximum Gasteiger partial charge on any atom is 0.189 e. The van der Waals surface area contributed by atoms with Crippen LogP contribution in [0.25, 0.3) is 0 Å². The predicted octanol–water partition coefficient (Wildman–Crippen LogP) is -23.6. The van der Waals surface area contributed by atoms with Gasteiger partial charge in [-0.15, -0.1) is 0 Å². The summed E-state index contributed by atoms with van der Waals surface area (Å²) in [7, 11) is 0. The molecule has 9 heterocycles. The summed E-state index contributed by atoms with van der Waals surface area (Å²) in [5.74, 6) is 0. The summed E-state index contributed by atoms with van der Waals surface area (Å²) in [6.07, 6.45) is -93.1. The van der Waals surface area contributed by atoms with Crippen molar-refractivity contribution >= 4 is 0 Å². The lowest BCUT2D eigenvalue weighted by molar-refractivity contribution is -0.399. The van der Waals surface area contributed by atoms with Gasteiger partial charge in [0.2, 0.25) is 0 Å². The van der Waals surface area contributed by atoms with Gasteiger partial charge in [0.25, 0.3) is 0 Å². The van der Waals surface area contributed by atoms with Crippen LogP contribution in [0.3, 0.4) is 0 Å². The van der Waals surface area contributed by atoms with E-state index >= 15 is 0 Å². The molecular weight excluding hydrogens is 1770 g/mol. The van der Waals surface area contributed by atoms with Gasteiger partial charge in [-0.3, -0.25) is 0 Å². The molecule has 0 unspecified atom stereocenters. The summed E-state index contributed by atoms with van der Waals surface area (Å²) in [5.41, 5.74) is -0.495. The van der Waals surface area contributed by atoms with Crippen LogP contribution in [-0.2, 0) is 80.5 Å². The Morgan fingerprint density at radius 3 is 0.692 bits per heavy atom. The van der Waals surface area contributed by atoms with Gasteiger partial charge in [0.1, 0.15) is 238 Å². The van der Waals surface area contributed by atoms with Crippen molar-refractivity contribution in [3.63, 3.8) is 0 Å². The van der Waals surface area contributed by atoms with Crippen LogP contribution in [0.15, 0.2) is 34.9 Å². The fourth-order valence-electron chi connectivity index (χ4n) is 18.2. The summed E-state index contributed by atoms with van der Waals surface area (Å²) in [4.78, 5) is 0. The minimum atomic E-state index is -2.23. The van der Waals surface area contributed by atoms with E-state index in [1.807, 2.05) is 0 Å². The third-order valence-electron chi connectivity index (χ3n) is 25.9. The summed E-state index contributed by atoms with van der Waals surface area (Å²) < 4.78 is 97.6. The summed E-state index contributed by atoms with van der Waals surface area (Å²) in [5, 5.41) is 392. The van der Waals surface area contributed by atoms with Gasteiger partial charge in [-0.1, -0.05) is 18.2 Å². The van der Waals surface area contributed by atoms with Crippen molar-refractivity contribution in [2.24, 2.45) is 0 Å². The fourth-order valence-corrected chi connectivity index (χ4v) is 18.2. The number of nitrogens with one attached hydrogen (secondary N) is 3. The Morgan fingerprint density at radius 2 is 0.431 bits per heavy atom. The van der Waals surface area contributed by atoms with E-state index in [4.69, 9.17) is 80.5 Å². The zero-order valence-corrected chi connectivity index (χ0v) is 69.6. The standard InChI is InChI=1S/C75H125N3O52/c1-16-31(76-22-4-19(7-79)34(88)42(96)35(22)89)39(93)51(105)67(114-16)125-62-26(11-83)118-70(55(109)46(62)100)123-60-20(8-80)5-23(36(90)44(60)98)77-32-17(2)115-68(52(106)40(32)94)126-63-27(12-84)119-71(56(110)47(63)101)124-61-21(9-81)6-24(37(91)45(61)99)78-33-18(3)116-69(53(107)41(33)95)127-64-28(13-85)120-72(57(111)48(64)102)128-65-29(14-86)121-73(58(112)49(65)103)129-66-30(15-87)122-75(59(113)50(66)104)130-74-54(108)43(97)38(92)25(10-82)117-74/h4-6,16-18,22-113H,7-15H2,1-3H3/t16-,17-,18-,22+,23-,24+,25-,26-,27-,28-,29-,30-,31-,32-,33-,34-,35+,36+,37+,38-,39+,40+,41+,42+,43+,44-,45-,46-,47-,48-,49-,50-,51-,52-,53-,54-,55-,56-,57-,58-,59-,60-,61-,62-,63-,64-,65-,66-,67-,68-,69-,70-,71-,72-,73-,74-,75-/m1/s1. The van der Waals surface area contributed by atoms with Crippen LogP contribution >= 0.6 is 0 Å². The lowest BCUT2D eigenvalue weighted by Crippen LogP contribution is -2.69. The highest BCUT2D eigenvalue weighted by molar-refractivity contribution is 5.26. The Labute approximate surface area is 737 Å². The lowest BCUT2D eigenvalue weighted by Gasteiger charge is -2.49. The minimum absolute atomic E-state index is 0.0485. The van der Waals surface area contributed by atoms with Gasteiger partial charge in [-0.2, -0.15) is 0 Å². The van der Waals surface area contributed by atoms with Gasteiger partial charge in [0.15, 0.2) is 56.6 Å². The Balaban J connectivity index is 0.604. The largest absolute Gasteiger partial charge is 0.394 e. The average molecular weight is 1900 g/mol. The summed E-state index contributed by atoms with van der Waals surface area (Å²) >= 11 is 0.